The molecule has 1 aliphatic carbocycles. The van der Waals surface area contributed by atoms with Crippen molar-refractivity contribution in [2.45, 2.75) is 26.2 Å². The summed E-state index contributed by atoms with van der Waals surface area (Å²) in [5.74, 6) is -0.374. The van der Waals surface area contributed by atoms with Crippen LogP contribution in [0, 0.1) is 0 Å². The molecule has 1 aromatic heterocycles. The zero-order valence-corrected chi connectivity index (χ0v) is 13.3. The van der Waals surface area contributed by atoms with Crippen molar-refractivity contribution in [2.24, 2.45) is 0 Å². The first-order valence-electron chi connectivity index (χ1n) is 7.75. The van der Waals surface area contributed by atoms with Gasteiger partial charge in [0, 0.05) is 22.7 Å². The molecule has 0 saturated carbocycles. The number of rotatable bonds is 2. The minimum Gasteiger partial charge on any atom is -0.466 e. The Kier molecular flexibility index (Phi) is 4.19. The number of nitrogens with zero attached hydrogens (tertiary/aromatic N) is 1. The second kappa shape index (κ2) is 6.28. The molecule has 1 aromatic carbocycles. The Bertz CT molecular complexity index is 801. The van der Waals surface area contributed by atoms with Crippen molar-refractivity contribution in [3.05, 3.63) is 41.6 Å². The lowest BCUT2D eigenvalue weighted by atomic mass is 9.90. The van der Waals surface area contributed by atoms with Gasteiger partial charge in [-0.3, -0.25) is 0 Å². The van der Waals surface area contributed by atoms with Crippen LogP contribution >= 0.6 is 0 Å². The number of para-hydroxylation sites is 1. The fourth-order valence-corrected chi connectivity index (χ4v) is 3.20. The van der Waals surface area contributed by atoms with E-state index in [1.165, 1.54) is 13.2 Å². The molecule has 0 amide bonds. The average Bonchev–Trinajstić information content (AvgIpc) is 2.90. The van der Waals surface area contributed by atoms with Crippen LogP contribution in [0.1, 0.15) is 31.0 Å². The third-order valence-corrected chi connectivity index (χ3v) is 4.10. The van der Waals surface area contributed by atoms with E-state index >= 15 is 0 Å². The van der Waals surface area contributed by atoms with E-state index in [1.807, 2.05) is 24.3 Å². The highest BCUT2D eigenvalue weighted by atomic mass is 16.5. The van der Waals surface area contributed by atoms with Crippen molar-refractivity contribution in [2.75, 3.05) is 13.7 Å². The zero-order chi connectivity index (χ0) is 16.4. The van der Waals surface area contributed by atoms with Crippen molar-refractivity contribution in [3.8, 4) is 0 Å². The Morgan fingerprint density at radius 2 is 2.04 bits per heavy atom. The number of benzene rings is 1. The summed E-state index contributed by atoms with van der Waals surface area (Å²) in [6, 6.07) is 7.70. The summed E-state index contributed by atoms with van der Waals surface area (Å²) < 4.78 is 11.6. The highest BCUT2D eigenvalue weighted by molar-refractivity contribution is 6.03. The van der Waals surface area contributed by atoms with Gasteiger partial charge in [-0.2, -0.15) is 0 Å². The Balaban J connectivity index is 2.26. The van der Waals surface area contributed by atoms with Gasteiger partial charge in [0.25, 0.3) is 0 Å². The van der Waals surface area contributed by atoms with E-state index in [2.05, 4.69) is 0 Å². The van der Waals surface area contributed by atoms with Crippen molar-refractivity contribution in [1.29, 1.82) is 0 Å². The number of ether oxygens (including phenoxy) is 2. The molecule has 0 N–H and O–H groups in total. The molecule has 0 bridgehead atoms. The molecule has 1 heterocycles. The summed E-state index contributed by atoms with van der Waals surface area (Å²) in [5.41, 5.74) is 3.60. The lowest BCUT2D eigenvalue weighted by molar-refractivity contribution is -0.134. The third kappa shape index (κ3) is 2.63. The molecule has 120 valence electrons. The van der Waals surface area contributed by atoms with Gasteiger partial charge in [-0.05, 0) is 37.8 Å². The fraction of sp³-hybridized carbons (Fsp3) is 0.333. The molecule has 5 heteroatoms. The summed E-state index contributed by atoms with van der Waals surface area (Å²) in [7, 11) is 1.37. The Morgan fingerprint density at radius 3 is 2.78 bits per heavy atom. The maximum Gasteiger partial charge on any atom is 0.418 e. The summed E-state index contributed by atoms with van der Waals surface area (Å²) in [5, 5.41) is 0.963. The van der Waals surface area contributed by atoms with Crippen LogP contribution in [0.25, 0.3) is 16.5 Å². The van der Waals surface area contributed by atoms with E-state index < -0.39 is 0 Å². The van der Waals surface area contributed by atoms with Gasteiger partial charge in [-0.1, -0.05) is 18.2 Å². The average molecular weight is 313 g/mol. The lowest BCUT2D eigenvalue weighted by Gasteiger charge is -2.17. The van der Waals surface area contributed by atoms with Crippen molar-refractivity contribution >= 4 is 28.5 Å². The molecule has 0 radical (unpaired) electrons. The van der Waals surface area contributed by atoms with Crippen LogP contribution < -0.4 is 0 Å². The van der Waals surface area contributed by atoms with Gasteiger partial charge in [-0.15, -0.1) is 0 Å². The van der Waals surface area contributed by atoms with Gasteiger partial charge in [0.15, 0.2) is 0 Å². The molecule has 0 aliphatic heterocycles. The number of hydrogen-bond acceptors (Lipinski definition) is 4. The minimum atomic E-state index is -0.374. The van der Waals surface area contributed by atoms with E-state index in [9.17, 15) is 9.59 Å². The molecule has 0 spiro atoms. The van der Waals surface area contributed by atoms with Crippen LogP contribution in [0.4, 0.5) is 4.79 Å². The highest BCUT2D eigenvalue weighted by Crippen LogP contribution is 2.38. The molecule has 0 saturated heterocycles. The smallest absolute Gasteiger partial charge is 0.418 e. The fourth-order valence-electron chi connectivity index (χ4n) is 3.20. The first kappa shape index (κ1) is 15.3. The molecule has 0 fully saturated rings. The van der Waals surface area contributed by atoms with Crippen LogP contribution in [-0.2, 0) is 20.7 Å². The summed E-state index contributed by atoms with van der Waals surface area (Å²) in [4.78, 5) is 24.1. The van der Waals surface area contributed by atoms with Crippen LogP contribution in [-0.4, -0.2) is 30.3 Å². The standard InChI is InChI=1S/C18H19NO4/c1-3-23-18(21)19-14-9-5-4-8-13(14)17-12(11-16(20)22-2)7-6-10-15(17)19/h4-5,8-9,11H,3,6-7,10H2,1-2H3/b12-11+. The monoisotopic (exact) mass is 313 g/mol. The molecule has 23 heavy (non-hydrogen) atoms. The lowest BCUT2D eigenvalue weighted by Crippen LogP contribution is -2.18. The van der Waals surface area contributed by atoms with Gasteiger partial charge in [0.1, 0.15) is 0 Å². The first-order valence-corrected chi connectivity index (χ1v) is 7.75. The van der Waals surface area contributed by atoms with Crippen LogP contribution in [0.15, 0.2) is 30.3 Å². The number of carbonyl (C=O) groups is 2. The first-order chi connectivity index (χ1) is 11.2. The van der Waals surface area contributed by atoms with E-state index in [0.717, 1.165) is 47.0 Å². The van der Waals surface area contributed by atoms with Gasteiger partial charge >= 0.3 is 12.1 Å². The Hall–Kier alpha value is -2.56. The molecule has 3 rings (SSSR count). The quantitative estimate of drug-likeness (QED) is 0.628. The van der Waals surface area contributed by atoms with E-state index in [0.29, 0.717) is 6.61 Å². The van der Waals surface area contributed by atoms with E-state index in [1.54, 1.807) is 11.5 Å². The predicted molar refractivity (Wildman–Crippen MR) is 87.3 cm³/mol. The van der Waals surface area contributed by atoms with Gasteiger partial charge in [0.05, 0.1) is 19.2 Å². The second-order valence-electron chi connectivity index (χ2n) is 5.42. The molecular weight excluding hydrogens is 294 g/mol. The molecule has 1 aliphatic rings. The van der Waals surface area contributed by atoms with E-state index in [4.69, 9.17) is 9.47 Å². The zero-order valence-electron chi connectivity index (χ0n) is 13.3. The number of hydrogen-bond donors (Lipinski definition) is 0. The Morgan fingerprint density at radius 1 is 1.26 bits per heavy atom. The largest absolute Gasteiger partial charge is 0.466 e. The van der Waals surface area contributed by atoms with E-state index in [-0.39, 0.29) is 12.1 Å². The van der Waals surface area contributed by atoms with Crippen molar-refractivity contribution < 1.29 is 19.1 Å². The molecule has 2 aromatic rings. The highest BCUT2D eigenvalue weighted by Gasteiger charge is 2.27. The number of aromatic nitrogens is 1. The SMILES string of the molecule is CCOC(=O)n1c2c(c3ccccc31)/C(=C/C(=O)OC)CCC2. The summed E-state index contributed by atoms with van der Waals surface area (Å²) in [6.45, 7) is 2.11. The Labute approximate surface area is 134 Å². The second-order valence-corrected chi connectivity index (χ2v) is 5.42. The topological polar surface area (TPSA) is 57.5 Å². The molecule has 0 atom stereocenters. The number of methoxy groups -OCH3 is 1. The maximum absolute atomic E-state index is 12.4. The number of fused-ring (bicyclic) bond motifs is 3. The number of carbonyl (C=O) groups excluding carboxylic acids is 2. The predicted octanol–water partition coefficient (Wildman–Crippen LogP) is 3.54. The number of allylic oxidation sites excluding steroid dienone is 1. The summed E-state index contributed by atoms with van der Waals surface area (Å²) >= 11 is 0. The molecular formula is C18H19NO4. The van der Waals surface area contributed by atoms with Gasteiger partial charge < -0.3 is 9.47 Å². The molecule has 5 nitrogen and oxygen atoms in total. The van der Waals surface area contributed by atoms with Gasteiger partial charge in [0.2, 0.25) is 0 Å². The van der Waals surface area contributed by atoms with Crippen LogP contribution in [0.3, 0.4) is 0 Å². The maximum atomic E-state index is 12.4. The minimum absolute atomic E-state index is 0.324. The molecule has 0 unspecified atom stereocenters. The van der Waals surface area contributed by atoms with Crippen molar-refractivity contribution in [3.63, 3.8) is 0 Å². The normalized spacial score (nSPS) is 15.5. The summed E-state index contributed by atoms with van der Waals surface area (Å²) in [6.07, 6.45) is 3.61. The van der Waals surface area contributed by atoms with Crippen LogP contribution in [0.5, 0.6) is 0 Å². The van der Waals surface area contributed by atoms with Gasteiger partial charge in [-0.25, -0.2) is 14.2 Å². The number of esters is 1. The van der Waals surface area contributed by atoms with Crippen LogP contribution in [0.2, 0.25) is 0 Å². The van der Waals surface area contributed by atoms with Crippen molar-refractivity contribution in [1.82, 2.24) is 4.57 Å². The third-order valence-electron chi connectivity index (χ3n) is 4.10.